The SMILES string of the molecule is CCOc1cc([C@H]2C3=CC[C@@H]4C(=O)N(c5ccc(C(C)=O)cc5)C(=O)[C@@H]4[C@@H]3C[C@H]3C(=O)N(c4ccc(C(C)=O)cc4)C(=O)[C@@H]23)ccc1O. The van der Waals surface area contributed by atoms with Gasteiger partial charge >= 0.3 is 0 Å². The van der Waals surface area contributed by atoms with Crippen LogP contribution in [0, 0.1) is 29.6 Å². The van der Waals surface area contributed by atoms with E-state index in [-0.39, 0.29) is 53.6 Å². The number of fused-ring (bicyclic) bond motifs is 4. The van der Waals surface area contributed by atoms with Crippen LogP contribution in [0.25, 0.3) is 0 Å². The molecule has 0 spiro atoms. The number of amides is 4. The highest BCUT2D eigenvalue weighted by molar-refractivity contribution is 6.24. The normalized spacial score (nSPS) is 26.2. The fourth-order valence-corrected chi connectivity index (χ4v) is 8.16. The summed E-state index contributed by atoms with van der Waals surface area (Å²) in [6.07, 6.45) is 2.44. The Kier molecular flexibility index (Phi) is 7.61. The quantitative estimate of drug-likeness (QED) is 0.209. The van der Waals surface area contributed by atoms with Gasteiger partial charge in [0, 0.05) is 17.0 Å². The van der Waals surface area contributed by atoms with E-state index in [1.807, 2.05) is 6.08 Å². The molecule has 3 fully saturated rings. The lowest BCUT2D eigenvalue weighted by atomic mass is 9.57. The minimum Gasteiger partial charge on any atom is -0.504 e. The molecule has 2 aliphatic heterocycles. The molecule has 2 aliphatic carbocycles. The summed E-state index contributed by atoms with van der Waals surface area (Å²) < 4.78 is 5.69. The molecule has 7 rings (SSSR count). The molecule has 1 N–H and O–H groups in total. The summed E-state index contributed by atoms with van der Waals surface area (Å²) in [5.74, 6) is -5.70. The van der Waals surface area contributed by atoms with Gasteiger partial charge in [-0.15, -0.1) is 0 Å². The summed E-state index contributed by atoms with van der Waals surface area (Å²) in [5, 5.41) is 10.5. The molecule has 10 nitrogen and oxygen atoms in total. The lowest BCUT2D eigenvalue weighted by molar-refractivity contribution is -0.126. The number of ketones is 2. The predicted octanol–water partition coefficient (Wildman–Crippen LogP) is 5.24. The second kappa shape index (κ2) is 11.7. The Hall–Kier alpha value is -5.38. The highest BCUT2D eigenvalue weighted by Gasteiger charge is 2.62. The van der Waals surface area contributed by atoms with Gasteiger partial charge in [-0.2, -0.15) is 0 Å². The van der Waals surface area contributed by atoms with E-state index < -0.39 is 41.4 Å². The Morgan fingerprint density at radius 2 is 1.27 bits per heavy atom. The van der Waals surface area contributed by atoms with Crippen LogP contribution in [0.5, 0.6) is 11.5 Å². The number of hydrogen-bond acceptors (Lipinski definition) is 8. The molecule has 0 bridgehead atoms. The van der Waals surface area contributed by atoms with Gasteiger partial charge in [-0.05, 0) is 106 Å². The van der Waals surface area contributed by atoms with E-state index in [0.717, 1.165) is 5.57 Å². The predicted molar refractivity (Wildman–Crippen MR) is 175 cm³/mol. The Morgan fingerprint density at radius 3 is 1.81 bits per heavy atom. The second-order valence-corrected chi connectivity index (χ2v) is 12.9. The number of aromatic hydroxyl groups is 1. The van der Waals surface area contributed by atoms with E-state index in [0.29, 0.717) is 34.7 Å². The van der Waals surface area contributed by atoms with Gasteiger partial charge in [0.2, 0.25) is 23.6 Å². The van der Waals surface area contributed by atoms with E-state index in [4.69, 9.17) is 4.74 Å². The molecule has 0 unspecified atom stereocenters. The number of allylic oxidation sites excluding steroid dienone is 2. The molecule has 4 amide bonds. The van der Waals surface area contributed by atoms with E-state index in [1.165, 1.54) is 29.7 Å². The maximum absolute atomic E-state index is 14.3. The molecule has 4 aliphatic rings. The van der Waals surface area contributed by atoms with Gasteiger partial charge in [-0.1, -0.05) is 17.7 Å². The van der Waals surface area contributed by atoms with Crippen molar-refractivity contribution in [2.75, 3.05) is 16.4 Å². The van der Waals surface area contributed by atoms with Crippen molar-refractivity contribution in [1.82, 2.24) is 0 Å². The van der Waals surface area contributed by atoms with Crippen LogP contribution in [-0.4, -0.2) is 46.9 Å². The monoisotopic (exact) mass is 646 g/mol. The number of benzene rings is 3. The number of phenolic OH excluding ortho intramolecular Hbond substituents is 1. The minimum atomic E-state index is -0.800. The fourth-order valence-electron chi connectivity index (χ4n) is 8.16. The van der Waals surface area contributed by atoms with Crippen LogP contribution in [0.4, 0.5) is 11.4 Å². The van der Waals surface area contributed by atoms with Gasteiger partial charge in [-0.25, -0.2) is 0 Å². The van der Waals surface area contributed by atoms with Gasteiger partial charge in [0.05, 0.1) is 41.7 Å². The third-order valence-electron chi connectivity index (χ3n) is 10.4. The molecule has 0 aromatic heterocycles. The van der Waals surface area contributed by atoms with Crippen LogP contribution in [0.3, 0.4) is 0 Å². The molecule has 2 saturated heterocycles. The lowest BCUT2D eigenvalue weighted by Gasteiger charge is -2.44. The molecule has 3 aromatic rings. The van der Waals surface area contributed by atoms with Gasteiger partial charge in [0.25, 0.3) is 0 Å². The van der Waals surface area contributed by atoms with Gasteiger partial charge in [0.1, 0.15) is 0 Å². The largest absolute Gasteiger partial charge is 0.504 e. The first-order valence-corrected chi connectivity index (χ1v) is 16.1. The molecule has 3 aromatic carbocycles. The molecular weight excluding hydrogens is 612 g/mol. The highest BCUT2D eigenvalue weighted by atomic mass is 16.5. The molecule has 6 atom stereocenters. The zero-order valence-electron chi connectivity index (χ0n) is 26.7. The topological polar surface area (TPSA) is 138 Å². The van der Waals surface area contributed by atoms with E-state index in [1.54, 1.807) is 67.6 Å². The van der Waals surface area contributed by atoms with Crippen molar-refractivity contribution in [2.45, 2.75) is 39.5 Å². The van der Waals surface area contributed by atoms with Crippen LogP contribution < -0.4 is 14.5 Å². The number of nitrogens with zero attached hydrogens (tertiary/aromatic N) is 2. The summed E-state index contributed by atoms with van der Waals surface area (Å²) in [5.41, 5.74) is 3.12. The maximum atomic E-state index is 14.3. The molecule has 1 saturated carbocycles. The first-order chi connectivity index (χ1) is 23.0. The molecule has 244 valence electrons. The van der Waals surface area contributed by atoms with Crippen molar-refractivity contribution in [2.24, 2.45) is 29.6 Å². The Labute approximate surface area is 277 Å². The number of Topliss-reactive ketones (excluding diaryl/α,β-unsaturated/α-hetero) is 2. The standard InChI is InChI=1S/C38H34N2O8/c1-4-48-31-17-23(9-16-30(31)43)32-26-14-15-27-33(37(46)39(35(27)44)24-10-5-21(6-11-24)19(2)41)28(26)18-29-34(32)38(47)40(36(29)45)25-12-7-22(8-13-25)20(3)42/h5-14,16-17,27-29,32-34,43H,4,15,18H2,1-3H3/t27-,28+,29+,32-,33-,34+/m0/s1. The Bertz CT molecular complexity index is 1930. The molecule has 0 radical (unpaired) electrons. The van der Waals surface area contributed by atoms with Crippen LogP contribution in [0.15, 0.2) is 78.4 Å². The van der Waals surface area contributed by atoms with Crippen molar-refractivity contribution in [3.05, 3.63) is 95.1 Å². The number of hydrogen-bond donors (Lipinski definition) is 1. The Balaban J connectivity index is 1.31. The summed E-state index contributed by atoms with van der Waals surface area (Å²) >= 11 is 0. The maximum Gasteiger partial charge on any atom is 0.238 e. The highest BCUT2D eigenvalue weighted by Crippen LogP contribution is 2.58. The number of rotatable bonds is 7. The van der Waals surface area contributed by atoms with Crippen LogP contribution >= 0.6 is 0 Å². The van der Waals surface area contributed by atoms with Crippen molar-refractivity contribution >= 4 is 46.6 Å². The van der Waals surface area contributed by atoms with Gasteiger partial charge in [-0.3, -0.25) is 38.6 Å². The summed E-state index contributed by atoms with van der Waals surface area (Å²) in [4.78, 5) is 82.7. The van der Waals surface area contributed by atoms with Crippen molar-refractivity contribution < 1.29 is 38.6 Å². The first kappa shape index (κ1) is 31.2. The van der Waals surface area contributed by atoms with Crippen molar-refractivity contribution in [3.8, 4) is 11.5 Å². The number of anilines is 2. The average Bonchev–Trinajstić information content (AvgIpc) is 3.48. The zero-order valence-corrected chi connectivity index (χ0v) is 26.7. The number of carbonyl (C=O) groups excluding carboxylic acids is 6. The van der Waals surface area contributed by atoms with Crippen molar-refractivity contribution in [3.63, 3.8) is 0 Å². The number of phenols is 1. The van der Waals surface area contributed by atoms with Crippen LogP contribution in [0.2, 0.25) is 0 Å². The number of carbonyl (C=O) groups is 6. The third-order valence-corrected chi connectivity index (χ3v) is 10.4. The molecule has 2 heterocycles. The van der Waals surface area contributed by atoms with Crippen LogP contribution in [0.1, 0.15) is 65.8 Å². The summed E-state index contributed by atoms with van der Waals surface area (Å²) in [6, 6.07) is 17.6. The van der Waals surface area contributed by atoms with Crippen LogP contribution in [-0.2, 0) is 19.2 Å². The van der Waals surface area contributed by atoms with E-state index >= 15 is 0 Å². The Morgan fingerprint density at radius 1 is 0.729 bits per heavy atom. The first-order valence-electron chi connectivity index (χ1n) is 16.1. The second-order valence-electron chi connectivity index (χ2n) is 12.9. The molecule has 48 heavy (non-hydrogen) atoms. The molecule has 10 heteroatoms. The summed E-state index contributed by atoms with van der Waals surface area (Å²) in [7, 11) is 0. The third kappa shape index (κ3) is 4.77. The number of imide groups is 2. The smallest absolute Gasteiger partial charge is 0.238 e. The minimum absolute atomic E-state index is 0.0637. The fraction of sp³-hybridized carbons (Fsp3) is 0.316. The van der Waals surface area contributed by atoms with Gasteiger partial charge in [0.15, 0.2) is 23.1 Å². The zero-order chi connectivity index (χ0) is 34.0. The average molecular weight is 647 g/mol. The lowest BCUT2D eigenvalue weighted by Crippen LogP contribution is -2.43. The van der Waals surface area contributed by atoms with Gasteiger partial charge < -0.3 is 9.84 Å². The van der Waals surface area contributed by atoms with Crippen molar-refractivity contribution in [1.29, 1.82) is 0 Å². The summed E-state index contributed by atoms with van der Waals surface area (Å²) in [6.45, 7) is 4.97. The molecular formula is C38H34N2O8. The number of ether oxygens (including phenoxy) is 1. The van der Waals surface area contributed by atoms with E-state index in [2.05, 4.69) is 0 Å². The van der Waals surface area contributed by atoms with E-state index in [9.17, 15) is 33.9 Å².